The molecule has 0 spiro atoms. The molecule has 0 amide bonds. The molecule has 1 rings (SSSR count). The molecule has 1 heterocycles. The van der Waals surface area contributed by atoms with Gasteiger partial charge in [-0.25, -0.2) is 0 Å². The lowest BCUT2D eigenvalue weighted by molar-refractivity contribution is 0.261. The minimum absolute atomic E-state index is 0.0296. The summed E-state index contributed by atoms with van der Waals surface area (Å²) in [6.07, 6.45) is 1.55. The van der Waals surface area contributed by atoms with Crippen molar-refractivity contribution >= 4 is 5.84 Å². The van der Waals surface area contributed by atoms with Crippen LogP contribution in [0.2, 0.25) is 0 Å². The van der Waals surface area contributed by atoms with Gasteiger partial charge in [0.1, 0.15) is 18.1 Å². The largest absolute Gasteiger partial charge is 0.492 e. The predicted octanol–water partition coefficient (Wildman–Crippen LogP) is 0.116. The van der Waals surface area contributed by atoms with E-state index in [1.165, 1.54) is 0 Å². The molecule has 0 saturated heterocycles. The molecule has 1 aromatic heterocycles. The van der Waals surface area contributed by atoms with E-state index in [9.17, 15) is 0 Å². The maximum atomic E-state index is 8.50. The number of oxime groups is 1. The first-order chi connectivity index (χ1) is 7.63. The summed E-state index contributed by atoms with van der Waals surface area (Å²) in [4.78, 5) is 5.97. The lowest BCUT2D eigenvalue weighted by Crippen LogP contribution is -2.20. The fourth-order valence-corrected chi connectivity index (χ4v) is 1.04. The van der Waals surface area contributed by atoms with Crippen LogP contribution < -0.4 is 10.5 Å². The molecule has 0 unspecified atom stereocenters. The zero-order valence-corrected chi connectivity index (χ0v) is 9.42. The number of hydrogen-bond donors (Lipinski definition) is 2. The molecule has 1 aromatic rings. The molecule has 6 heteroatoms. The topological polar surface area (TPSA) is 84.0 Å². The lowest BCUT2D eigenvalue weighted by atomic mass is 10.3. The molecule has 0 aliphatic carbocycles. The highest BCUT2D eigenvalue weighted by atomic mass is 16.5. The van der Waals surface area contributed by atoms with Gasteiger partial charge in [0.15, 0.2) is 5.84 Å². The zero-order valence-electron chi connectivity index (χ0n) is 9.42. The monoisotopic (exact) mass is 224 g/mol. The smallest absolute Gasteiger partial charge is 0.188 e. The maximum absolute atomic E-state index is 8.50. The number of pyridine rings is 1. The SMILES string of the molecule is CN(C)CCOc1ccnc(C(N)=NO)c1. The molecule has 0 aliphatic rings. The second-order valence-electron chi connectivity index (χ2n) is 3.51. The molecule has 0 bridgehead atoms. The van der Waals surface area contributed by atoms with Crippen LogP contribution in [0.15, 0.2) is 23.5 Å². The van der Waals surface area contributed by atoms with E-state index in [1.807, 2.05) is 19.0 Å². The number of ether oxygens (including phenoxy) is 1. The van der Waals surface area contributed by atoms with Crippen LogP contribution in [0.5, 0.6) is 5.75 Å². The molecular formula is C10H16N4O2. The number of nitrogens with zero attached hydrogens (tertiary/aromatic N) is 3. The van der Waals surface area contributed by atoms with Crippen molar-refractivity contribution in [3.63, 3.8) is 0 Å². The standard InChI is InChI=1S/C10H16N4O2/c1-14(2)5-6-16-8-3-4-12-9(7-8)10(11)13-15/h3-4,7,15H,5-6H2,1-2H3,(H2,11,13). The second-order valence-corrected chi connectivity index (χ2v) is 3.51. The van der Waals surface area contributed by atoms with Gasteiger partial charge in [-0.15, -0.1) is 0 Å². The summed E-state index contributed by atoms with van der Waals surface area (Å²) in [5.41, 5.74) is 5.81. The third kappa shape index (κ3) is 3.74. The van der Waals surface area contributed by atoms with Crippen molar-refractivity contribution in [3.8, 4) is 5.75 Å². The lowest BCUT2D eigenvalue weighted by Gasteiger charge is -2.11. The fraction of sp³-hybridized carbons (Fsp3) is 0.400. The summed E-state index contributed by atoms with van der Waals surface area (Å²) in [7, 11) is 3.94. The summed E-state index contributed by atoms with van der Waals surface area (Å²) < 4.78 is 5.48. The van der Waals surface area contributed by atoms with E-state index in [2.05, 4.69) is 10.1 Å². The highest BCUT2D eigenvalue weighted by Gasteiger charge is 2.02. The number of hydrogen-bond acceptors (Lipinski definition) is 5. The Morgan fingerprint density at radius 3 is 3.00 bits per heavy atom. The first kappa shape index (κ1) is 12.3. The predicted molar refractivity (Wildman–Crippen MR) is 60.8 cm³/mol. The molecule has 0 aliphatic heterocycles. The molecule has 88 valence electrons. The summed E-state index contributed by atoms with van der Waals surface area (Å²) in [6, 6.07) is 3.36. The summed E-state index contributed by atoms with van der Waals surface area (Å²) >= 11 is 0. The molecule has 0 radical (unpaired) electrons. The Labute approximate surface area is 94.3 Å². The average molecular weight is 224 g/mol. The van der Waals surface area contributed by atoms with E-state index in [0.29, 0.717) is 18.1 Å². The van der Waals surface area contributed by atoms with Crippen molar-refractivity contribution in [2.75, 3.05) is 27.2 Å². The van der Waals surface area contributed by atoms with Gasteiger partial charge in [0.25, 0.3) is 0 Å². The van der Waals surface area contributed by atoms with E-state index >= 15 is 0 Å². The van der Waals surface area contributed by atoms with Crippen LogP contribution >= 0.6 is 0 Å². The van der Waals surface area contributed by atoms with Crippen molar-refractivity contribution in [2.45, 2.75) is 0 Å². The van der Waals surface area contributed by atoms with Crippen LogP contribution in [-0.4, -0.2) is 48.2 Å². The molecule has 0 atom stereocenters. The average Bonchev–Trinajstić information content (AvgIpc) is 2.28. The minimum Gasteiger partial charge on any atom is -0.492 e. The molecular weight excluding hydrogens is 208 g/mol. The van der Waals surface area contributed by atoms with Gasteiger partial charge in [0.05, 0.1) is 0 Å². The molecule has 3 N–H and O–H groups in total. The van der Waals surface area contributed by atoms with Gasteiger partial charge in [-0.05, 0) is 20.2 Å². The van der Waals surface area contributed by atoms with E-state index in [-0.39, 0.29) is 5.84 Å². The quantitative estimate of drug-likeness (QED) is 0.321. The van der Waals surface area contributed by atoms with Crippen molar-refractivity contribution in [2.24, 2.45) is 10.9 Å². The van der Waals surface area contributed by atoms with Gasteiger partial charge in [0, 0.05) is 18.8 Å². The number of likely N-dealkylation sites (N-methyl/N-ethyl adjacent to an activating group) is 1. The molecule has 6 nitrogen and oxygen atoms in total. The Morgan fingerprint density at radius 1 is 1.62 bits per heavy atom. The summed E-state index contributed by atoms with van der Waals surface area (Å²) in [5.74, 6) is 0.622. The fourth-order valence-electron chi connectivity index (χ4n) is 1.04. The third-order valence-corrected chi connectivity index (χ3v) is 1.91. The van der Waals surface area contributed by atoms with Crippen LogP contribution in [0.1, 0.15) is 5.69 Å². The minimum atomic E-state index is -0.0296. The Morgan fingerprint density at radius 2 is 2.38 bits per heavy atom. The van der Waals surface area contributed by atoms with Crippen molar-refractivity contribution < 1.29 is 9.94 Å². The van der Waals surface area contributed by atoms with Gasteiger partial charge in [-0.2, -0.15) is 0 Å². The van der Waals surface area contributed by atoms with Gasteiger partial charge in [0.2, 0.25) is 0 Å². The van der Waals surface area contributed by atoms with Crippen LogP contribution in [0, 0.1) is 0 Å². The third-order valence-electron chi connectivity index (χ3n) is 1.91. The van der Waals surface area contributed by atoms with Gasteiger partial charge in [-0.3, -0.25) is 4.98 Å². The van der Waals surface area contributed by atoms with Gasteiger partial charge < -0.3 is 20.6 Å². The normalized spacial score (nSPS) is 11.8. The highest BCUT2D eigenvalue weighted by molar-refractivity contribution is 5.95. The zero-order chi connectivity index (χ0) is 12.0. The highest BCUT2D eigenvalue weighted by Crippen LogP contribution is 2.10. The first-order valence-corrected chi connectivity index (χ1v) is 4.85. The Balaban J connectivity index is 2.61. The van der Waals surface area contributed by atoms with E-state index in [1.54, 1.807) is 18.3 Å². The molecule has 0 saturated carbocycles. The second kappa shape index (κ2) is 5.92. The Hall–Kier alpha value is -1.82. The number of aromatic nitrogens is 1. The summed E-state index contributed by atoms with van der Waals surface area (Å²) in [6.45, 7) is 1.40. The van der Waals surface area contributed by atoms with Crippen LogP contribution in [0.3, 0.4) is 0 Å². The van der Waals surface area contributed by atoms with Crippen molar-refractivity contribution in [3.05, 3.63) is 24.0 Å². The molecule has 0 aromatic carbocycles. The number of nitrogens with two attached hydrogens (primary N) is 1. The molecule has 16 heavy (non-hydrogen) atoms. The van der Waals surface area contributed by atoms with Crippen LogP contribution in [-0.2, 0) is 0 Å². The Kier molecular flexibility index (Phi) is 4.53. The van der Waals surface area contributed by atoms with E-state index < -0.39 is 0 Å². The van der Waals surface area contributed by atoms with Crippen molar-refractivity contribution in [1.82, 2.24) is 9.88 Å². The maximum Gasteiger partial charge on any atom is 0.188 e. The van der Waals surface area contributed by atoms with Crippen LogP contribution in [0.25, 0.3) is 0 Å². The van der Waals surface area contributed by atoms with Crippen molar-refractivity contribution in [1.29, 1.82) is 0 Å². The van der Waals surface area contributed by atoms with E-state index in [4.69, 9.17) is 15.7 Å². The summed E-state index contributed by atoms with van der Waals surface area (Å²) in [5, 5.41) is 11.4. The number of rotatable bonds is 5. The molecule has 0 fully saturated rings. The van der Waals surface area contributed by atoms with Gasteiger partial charge >= 0.3 is 0 Å². The van der Waals surface area contributed by atoms with Gasteiger partial charge in [-0.1, -0.05) is 5.16 Å². The number of amidine groups is 1. The Bertz CT molecular complexity index is 366. The van der Waals surface area contributed by atoms with Crippen LogP contribution in [0.4, 0.5) is 0 Å². The first-order valence-electron chi connectivity index (χ1n) is 4.85. The van der Waals surface area contributed by atoms with E-state index in [0.717, 1.165) is 6.54 Å².